The van der Waals surface area contributed by atoms with Crippen molar-refractivity contribution < 1.29 is 19.4 Å². The molecule has 0 amide bonds. The van der Waals surface area contributed by atoms with Crippen molar-refractivity contribution in [2.45, 2.75) is 33.0 Å². The molecule has 0 radical (unpaired) electrons. The Kier molecular flexibility index (Phi) is 6.74. The summed E-state index contributed by atoms with van der Waals surface area (Å²) in [4.78, 5) is 23.4. The number of carboxylic acid groups (broad SMARTS) is 1. The van der Waals surface area contributed by atoms with Gasteiger partial charge in [0.05, 0.1) is 5.56 Å². The molecular weight excluding hydrogens is 332 g/mol. The van der Waals surface area contributed by atoms with Crippen LogP contribution >= 0.6 is 0 Å². The van der Waals surface area contributed by atoms with Gasteiger partial charge >= 0.3 is 11.9 Å². The highest BCUT2D eigenvalue weighted by Crippen LogP contribution is 2.16. The van der Waals surface area contributed by atoms with Crippen LogP contribution in [0.3, 0.4) is 0 Å². The van der Waals surface area contributed by atoms with Gasteiger partial charge in [0.1, 0.15) is 12.6 Å². The maximum absolute atomic E-state index is 12.4. The van der Waals surface area contributed by atoms with Crippen LogP contribution in [0.5, 0.6) is 0 Å². The van der Waals surface area contributed by atoms with Gasteiger partial charge in [-0.15, -0.1) is 0 Å². The minimum atomic E-state index is -1.03. The highest BCUT2D eigenvalue weighted by Gasteiger charge is 2.23. The first kappa shape index (κ1) is 19.5. The standard InChI is InChI=1S/C20H24N2O4/c1-13(2)18(20(25)26-12-14-6-4-3-5-7-14)22-11-16-9-8-15(19(23)24)10-17(16)21/h3-10,13,18,22H,11-12,21H2,1-2H3,(H,23,24). The minimum absolute atomic E-state index is 0.0257. The molecule has 4 N–H and O–H groups in total. The highest BCUT2D eigenvalue weighted by atomic mass is 16.5. The topological polar surface area (TPSA) is 102 Å². The highest BCUT2D eigenvalue weighted by molar-refractivity contribution is 5.89. The summed E-state index contributed by atoms with van der Waals surface area (Å²) < 4.78 is 5.41. The lowest BCUT2D eigenvalue weighted by Crippen LogP contribution is -2.41. The van der Waals surface area contributed by atoms with Gasteiger partial charge in [0.15, 0.2) is 0 Å². The Morgan fingerprint density at radius 1 is 1.15 bits per heavy atom. The predicted octanol–water partition coefficient (Wildman–Crippen LogP) is 2.82. The molecule has 2 aromatic rings. The molecular formula is C20H24N2O4. The SMILES string of the molecule is CC(C)C(NCc1ccc(C(=O)O)cc1N)C(=O)OCc1ccccc1. The van der Waals surface area contributed by atoms with Crippen molar-refractivity contribution in [1.29, 1.82) is 0 Å². The lowest BCUT2D eigenvalue weighted by molar-refractivity contribution is -0.148. The molecule has 2 rings (SSSR count). The molecule has 0 aliphatic heterocycles. The third-order valence-corrected chi connectivity index (χ3v) is 4.05. The van der Waals surface area contributed by atoms with Crippen LogP contribution in [0.15, 0.2) is 48.5 Å². The fourth-order valence-corrected chi connectivity index (χ4v) is 2.52. The van der Waals surface area contributed by atoms with Gasteiger partial charge in [-0.25, -0.2) is 4.79 Å². The average Bonchev–Trinajstić information content (AvgIpc) is 2.61. The summed E-state index contributed by atoms with van der Waals surface area (Å²) in [5.74, 6) is -1.33. The van der Waals surface area contributed by atoms with E-state index in [2.05, 4.69) is 5.32 Å². The molecule has 0 saturated carbocycles. The number of aromatic carboxylic acids is 1. The van der Waals surface area contributed by atoms with Gasteiger partial charge in [-0.1, -0.05) is 50.2 Å². The molecule has 1 unspecified atom stereocenters. The molecule has 0 heterocycles. The Morgan fingerprint density at radius 2 is 1.85 bits per heavy atom. The molecule has 6 heteroatoms. The van der Waals surface area contributed by atoms with E-state index in [0.717, 1.165) is 11.1 Å². The van der Waals surface area contributed by atoms with Crippen LogP contribution in [-0.2, 0) is 22.7 Å². The van der Waals surface area contributed by atoms with Crippen LogP contribution < -0.4 is 11.1 Å². The van der Waals surface area contributed by atoms with Crippen molar-refractivity contribution >= 4 is 17.6 Å². The Hall–Kier alpha value is -2.86. The summed E-state index contributed by atoms with van der Waals surface area (Å²) in [7, 11) is 0. The van der Waals surface area contributed by atoms with Crippen LogP contribution in [0.2, 0.25) is 0 Å². The number of ether oxygens (including phenoxy) is 1. The number of carbonyl (C=O) groups excluding carboxylic acids is 1. The zero-order valence-corrected chi connectivity index (χ0v) is 14.9. The van der Waals surface area contributed by atoms with Gasteiger partial charge in [-0.05, 0) is 29.2 Å². The second-order valence-corrected chi connectivity index (χ2v) is 6.41. The Morgan fingerprint density at radius 3 is 2.42 bits per heavy atom. The van der Waals surface area contributed by atoms with E-state index < -0.39 is 12.0 Å². The number of anilines is 1. The molecule has 0 aliphatic carbocycles. The van der Waals surface area contributed by atoms with E-state index in [0.29, 0.717) is 12.2 Å². The van der Waals surface area contributed by atoms with E-state index in [1.54, 1.807) is 6.07 Å². The van der Waals surface area contributed by atoms with E-state index in [1.807, 2.05) is 44.2 Å². The zero-order valence-electron chi connectivity index (χ0n) is 14.9. The molecule has 138 valence electrons. The van der Waals surface area contributed by atoms with E-state index in [1.165, 1.54) is 12.1 Å². The van der Waals surface area contributed by atoms with Crippen LogP contribution in [0, 0.1) is 5.92 Å². The molecule has 0 bridgehead atoms. The molecule has 6 nitrogen and oxygen atoms in total. The quantitative estimate of drug-likeness (QED) is 0.497. The van der Waals surface area contributed by atoms with E-state index >= 15 is 0 Å². The molecule has 26 heavy (non-hydrogen) atoms. The first-order valence-corrected chi connectivity index (χ1v) is 8.44. The number of nitrogen functional groups attached to an aromatic ring is 1. The lowest BCUT2D eigenvalue weighted by Gasteiger charge is -2.21. The van der Waals surface area contributed by atoms with Gasteiger partial charge in [-0.2, -0.15) is 0 Å². The Balaban J connectivity index is 1.97. The van der Waals surface area contributed by atoms with Gasteiger partial charge in [-0.3, -0.25) is 10.1 Å². The molecule has 0 fully saturated rings. The fourth-order valence-electron chi connectivity index (χ4n) is 2.52. The van der Waals surface area contributed by atoms with Gasteiger partial charge in [0, 0.05) is 12.2 Å². The molecule has 1 atom stereocenters. The minimum Gasteiger partial charge on any atom is -0.478 e. The average molecular weight is 356 g/mol. The van der Waals surface area contributed by atoms with Crippen LogP contribution in [0.25, 0.3) is 0 Å². The smallest absolute Gasteiger partial charge is 0.335 e. The van der Waals surface area contributed by atoms with Gasteiger partial charge in [0.25, 0.3) is 0 Å². The number of benzene rings is 2. The number of carboxylic acids is 1. The summed E-state index contributed by atoms with van der Waals surface area (Å²) in [5, 5.41) is 12.1. The van der Waals surface area contributed by atoms with E-state index in [9.17, 15) is 9.59 Å². The predicted molar refractivity (Wildman–Crippen MR) is 99.5 cm³/mol. The van der Waals surface area contributed by atoms with Crippen molar-refractivity contribution in [3.63, 3.8) is 0 Å². The van der Waals surface area contributed by atoms with Crippen molar-refractivity contribution in [3.8, 4) is 0 Å². The molecule has 0 aromatic heterocycles. The molecule has 0 spiro atoms. The first-order valence-electron chi connectivity index (χ1n) is 8.44. The summed E-state index contributed by atoms with van der Waals surface area (Å²) >= 11 is 0. The molecule has 0 aliphatic rings. The monoisotopic (exact) mass is 356 g/mol. The van der Waals surface area contributed by atoms with Gasteiger partial charge in [0.2, 0.25) is 0 Å². The first-order chi connectivity index (χ1) is 12.4. The van der Waals surface area contributed by atoms with E-state index in [-0.39, 0.29) is 24.1 Å². The van der Waals surface area contributed by atoms with Crippen molar-refractivity contribution in [2.75, 3.05) is 5.73 Å². The normalized spacial score (nSPS) is 12.0. The van der Waals surface area contributed by atoms with Gasteiger partial charge < -0.3 is 15.6 Å². The van der Waals surface area contributed by atoms with Crippen molar-refractivity contribution in [3.05, 3.63) is 65.2 Å². The number of nitrogens with two attached hydrogens (primary N) is 1. The van der Waals surface area contributed by atoms with Crippen LogP contribution in [-0.4, -0.2) is 23.1 Å². The van der Waals surface area contributed by atoms with Crippen LogP contribution in [0.4, 0.5) is 5.69 Å². The fraction of sp³-hybridized carbons (Fsp3) is 0.300. The second-order valence-electron chi connectivity index (χ2n) is 6.41. The summed E-state index contributed by atoms with van der Waals surface area (Å²) in [6.07, 6.45) is 0. The molecule has 0 saturated heterocycles. The Bertz CT molecular complexity index is 760. The third kappa shape index (κ3) is 5.32. The van der Waals surface area contributed by atoms with Crippen molar-refractivity contribution in [1.82, 2.24) is 5.32 Å². The third-order valence-electron chi connectivity index (χ3n) is 4.05. The maximum Gasteiger partial charge on any atom is 0.335 e. The number of hydrogen-bond acceptors (Lipinski definition) is 5. The number of nitrogens with one attached hydrogen (secondary N) is 1. The number of esters is 1. The lowest BCUT2D eigenvalue weighted by atomic mass is 10.0. The molecule has 2 aromatic carbocycles. The maximum atomic E-state index is 12.4. The number of rotatable bonds is 8. The second kappa shape index (κ2) is 9.01. The van der Waals surface area contributed by atoms with Crippen molar-refractivity contribution in [2.24, 2.45) is 5.92 Å². The summed E-state index contributed by atoms with van der Waals surface area (Å²) in [6, 6.07) is 13.6. The zero-order chi connectivity index (χ0) is 19.1. The number of carbonyl (C=O) groups is 2. The summed E-state index contributed by atoms with van der Waals surface area (Å²) in [5.41, 5.74) is 8.08. The Labute approximate surface area is 153 Å². The largest absolute Gasteiger partial charge is 0.478 e. The number of hydrogen-bond donors (Lipinski definition) is 3. The summed E-state index contributed by atoms with van der Waals surface area (Å²) in [6.45, 7) is 4.42. The van der Waals surface area contributed by atoms with Crippen LogP contribution in [0.1, 0.15) is 35.3 Å². The van der Waals surface area contributed by atoms with E-state index in [4.69, 9.17) is 15.6 Å².